The maximum atomic E-state index is 11.9. The second-order valence-electron chi connectivity index (χ2n) is 6.42. The van der Waals surface area contributed by atoms with E-state index in [0.29, 0.717) is 11.3 Å². The maximum absolute atomic E-state index is 11.9. The number of hydrogen-bond donors (Lipinski definition) is 1. The fraction of sp³-hybridized carbons (Fsp3) is 0.600. The third-order valence-electron chi connectivity index (χ3n) is 4.27. The van der Waals surface area contributed by atoms with Crippen molar-refractivity contribution in [3.05, 3.63) is 18.3 Å². The van der Waals surface area contributed by atoms with Crippen LogP contribution in [-0.2, 0) is 18.8 Å². The summed E-state index contributed by atoms with van der Waals surface area (Å²) in [6.07, 6.45) is 1.10. The lowest BCUT2D eigenvalue weighted by Gasteiger charge is -2.32. The molecule has 0 spiro atoms. The molecular weight excluding hydrogens is 283 g/mol. The van der Waals surface area contributed by atoms with Crippen LogP contribution in [0.1, 0.15) is 34.6 Å². The van der Waals surface area contributed by atoms with Gasteiger partial charge in [0, 0.05) is 19.0 Å². The predicted molar refractivity (Wildman–Crippen MR) is 85.1 cm³/mol. The van der Waals surface area contributed by atoms with Crippen molar-refractivity contribution >= 4 is 24.3 Å². The minimum atomic E-state index is -0.554. The zero-order chi connectivity index (χ0) is 16.5. The molecule has 1 aliphatic heterocycles. The number of rotatable bonds is 4. The molecule has 1 amide bonds. The summed E-state index contributed by atoms with van der Waals surface area (Å²) < 4.78 is 16.9. The second-order valence-corrected chi connectivity index (χ2v) is 6.42. The molecule has 0 saturated carbocycles. The highest BCUT2D eigenvalue weighted by Gasteiger charge is 2.52. The number of aromatic nitrogens is 1. The standard InChI is InChI=1S/C15H23BN2O4/c1-10(20-6)13(19)18-11-7-8-17-12(9-11)16-21-14(2,3)15(4,5)22-16/h7-10H,1-6H3,(H,17,18,19). The van der Waals surface area contributed by atoms with E-state index in [4.69, 9.17) is 14.0 Å². The topological polar surface area (TPSA) is 69.7 Å². The van der Waals surface area contributed by atoms with Crippen LogP contribution in [-0.4, -0.2) is 42.4 Å². The third-order valence-corrected chi connectivity index (χ3v) is 4.27. The van der Waals surface area contributed by atoms with Gasteiger partial charge in [0.25, 0.3) is 5.91 Å². The summed E-state index contributed by atoms with van der Waals surface area (Å²) in [5.41, 5.74) is 0.405. The molecule has 1 saturated heterocycles. The molecule has 2 heterocycles. The largest absolute Gasteiger partial charge is 0.514 e. The van der Waals surface area contributed by atoms with Crippen LogP contribution in [0.15, 0.2) is 18.3 Å². The zero-order valence-electron chi connectivity index (χ0n) is 14.0. The number of amides is 1. The molecule has 1 atom stereocenters. The van der Waals surface area contributed by atoms with Crippen LogP contribution in [0.3, 0.4) is 0 Å². The number of pyridine rings is 1. The molecule has 1 aromatic heterocycles. The van der Waals surface area contributed by atoms with Crippen LogP contribution in [0.2, 0.25) is 0 Å². The van der Waals surface area contributed by atoms with Crippen LogP contribution in [0.5, 0.6) is 0 Å². The fourth-order valence-electron chi connectivity index (χ4n) is 1.97. The van der Waals surface area contributed by atoms with Crippen molar-refractivity contribution < 1.29 is 18.8 Å². The molecule has 1 aliphatic rings. The van der Waals surface area contributed by atoms with Gasteiger partial charge in [0.15, 0.2) is 0 Å². The number of anilines is 1. The van der Waals surface area contributed by atoms with E-state index in [9.17, 15) is 4.79 Å². The van der Waals surface area contributed by atoms with E-state index < -0.39 is 24.4 Å². The Labute approximate surface area is 131 Å². The van der Waals surface area contributed by atoms with Crippen LogP contribution >= 0.6 is 0 Å². The van der Waals surface area contributed by atoms with Gasteiger partial charge in [0.2, 0.25) is 0 Å². The number of carbonyl (C=O) groups is 1. The average molecular weight is 306 g/mol. The quantitative estimate of drug-likeness (QED) is 0.851. The molecule has 6 nitrogen and oxygen atoms in total. The van der Waals surface area contributed by atoms with Crippen molar-refractivity contribution in [2.45, 2.75) is 51.9 Å². The molecule has 0 radical (unpaired) electrons. The van der Waals surface area contributed by atoms with Gasteiger partial charge in [-0.1, -0.05) is 0 Å². The lowest BCUT2D eigenvalue weighted by Crippen LogP contribution is -2.41. The monoisotopic (exact) mass is 306 g/mol. The highest BCUT2D eigenvalue weighted by molar-refractivity contribution is 6.61. The Morgan fingerprint density at radius 1 is 1.32 bits per heavy atom. The van der Waals surface area contributed by atoms with Gasteiger partial charge >= 0.3 is 7.12 Å². The van der Waals surface area contributed by atoms with Gasteiger partial charge in [-0.2, -0.15) is 0 Å². The molecule has 2 rings (SSSR count). The Morgan fingerprint density at radius 3 is 2.45 bits per heavy atom. The smallest absolute Gasteiger partial charge is 0.398 e. The number of methoxy groups -OCH3 is 1. The SMILES string of the molecule is COC(C)C(=O)Nc1ccnc(B2OC(C)(C)C(C)(C)O2)c1. The summed E-state index contributed by atoms with van der Waals surface area (Å²) in [4.78, 5) is 16.2. The van der Waals surface area contributed by atoms with E-state index in [1.165, 1.54) is 7.11 Å². The predicted octanol–water partition coefficient (Wildman–Crippen LogP) is 1.35. The molecule has 0 aliphatic carbocycles. The van der Waals surface area contributed by atoms with Crippen LogP contribution in [0.25, 0.3) is 0 Å². The molecule has 1 fully saturated rings. The Bertz CT molecular complexity index is 546. The Hall–Kier alpha value is -1.44. The number of hydrogen-bond acceptors (Lipinski definition) is 5. The summed E-state index contributed by atoms with van der Waals surface area (Å²) >= 11 is 0. The molecule has 7 heteroatoms. The Kier molecular flexibility index (Phi) is 4.61. The molecular formula is C15H23BN2O4. The summed E-state index contributed by atoms with van der Waals surface area (Å²) in [6.45, 7) is 9.63. The number of nitrogens with zero attached hydrogens (tertiary/aromatic N) is 1. The highest BCUT2D eigenvalue weighted by atomic mass is 16.7. The molecule has 22 heavy (non-hydrogen) atoms. The lowest BCUT2D eigenvalue weighted by molar-refractivity contribution is -0.124. The molecule has 1 unspecified atom stereocenters. The van der Waals surface area contributed by atoms with Gasteiger partial charge in [0.1, 0.15) is 6.10 Å². The van der Waals surface area contributed by atoms with Crippen LogP contribution < -0.4 is 10.9 Å². The lowest BCUT2D eigenvalue weighted by atomic mass is 9.84. The van der Waals surface area contributed by atoms with E-state index in [1.807, 2.05) is 27.7 Å². The number of ether oxygens (including phenoxy) is 1. The molecule has 120 valence electrons. The maximum Gasteiger partial charge on any atom is 0.514 e. The molecule has 1 aromatic rings. The van der Waals surface area contributed by atoms with Gasteiger partial charge < -0.3 is 19.4 Å². The first-order chi connectivity index (χ1) is 10.2. The summed E-state index contributed by atoms with van der Waals surface area (Å²) in [5, 5.41) is 2.78. The van der Waals surface area contributed by atoms with Crippen molar-refractivity contribution in [2.75, 3.05) is 12.4 Å². The van der Waals surface area contributed by atoms with Crippen molar-refractivity contribution in [2.24, 2.45) is 0 Å². The van der Waals surface area contributed by atoms with E-state index in [1.54, 1.807) is 25.3 Å². The van der Waals surface area contributed by atoms with Crippen molar-refractivity contribution in [1.82, 2.24) is 4.98 Å². The van der Waals surface area contributed by atoms with E-state index in [2.05, 4.69) is 10.3 Å². The van der Waals surface area contributed by atoms with Crippen LogP contribution in [0, 0.1) is 0 Å². The van der Waals surface area contributed by atoms with Gasteiger partial charge in [-0.15, -0.1) is 0 Å². The van der Waals surface area contributed by atoms with E-state index >= 15 is 0 Å². The Morgan fingerprint density at radius 2 is 1.91 bits per heavy atom. The van der Waals surface area contributed by atoms with Crippen molar-refractivity contribution in [3.63, 3.8) is 0 Å². The molecule has 0 bridgehead atoms. The van der Waals surface area contributed by atoms with Gasteiger partial charge in [-0.05, 0) is 46.8 Å². The fourth-order valence-corrected chi connectivity index (χ4v) is 1.97. The third kappa shape index (κ3) is 3.32. The minimum Gasteiger partial charge on any atom is -0.398 e. The normalized spacial score (nSPS) is 20.7. The molecule has 0 aromatic carbocycles. The number of carbonyl (C=O) groups excluding carboxylic acids is 1. The van der Waals surface area contributed by atoms with E-state index in [-0.39, 0.29) is 5.91 Å². The first kappa shape index (κ1) is 16.9. The van der Waals surface area contributed by atoms with E-state index in [0.717, 1.165) is 0 Å². The summed E-state index contributed by atoms with van der Waals surface area (Å²) in [5.74, 6) is -0.214. The minimum absolute atomic E-state index is 0.214. The van der Waals surface area contributed by atoms with Crippen molar-refractivity contribution in [1.29, 1.82) is 0 Å². The second kappa shape index (κ2) is 5.99. The summed E-state index contributed by atoms with van der Waals surface area (Å²) in [6, 6.07) is 3.47. The summed E-state index contributed by atoms with van der Waals surface area (Å²) in [7, 11) is 0.939. The first-order valence-electron chi connectivity index (χ1n) is 7.31. The Balaban J connectivity index is 2.15. The zero-order valence-corrected chi connectivity index (χ0v) is 14.0. The molecule has 1 N–H and O–H groups in total. The van der Waals surface area contributed by atoms with Gasteiger partial charge in [-0.25, -0.2) is 0 Å². The number of nitrogens with one attached hydrogen (secondary N) is 1. The van der Waals surface area contributed by atoms with Gasteiger partial charge in [-0.3, -0.25) is 9.78 Å². The first-order valence-corrected chi connectivity index (χ1v) is 7.31. The van der Waals surface area contributed by atoms with Crippen molar-refractivity contribution in [3.8, 4) is 0 Å². The average Bonchev–Trinajstić information content (AvgIpc) is 2.67. The van der Waals surface area contributed by atoms with Crippen LogP contribution in [0.4, 0.5) is 5.69 Å². The van der Waals surface area contributed by atoms with Gasteiger partial charge in [0.05, 0.1) is 16.8 Å². The highest BCUT2D eigenvalue weighted by Crippen LogP contribution is 2.36.